The molecule has 0 atom stereocenters. The van der Waals surface area contributed by atoms with Crippen molar-refractivity contribution in [1.82, 2.24) is 10.7 Å². The van der Waals surface area contributed by atoms with Crippen molar-refractivity contribution in [3.63, 3.8) is 0 Å². The van der Waals surface area contributed by atoms with E-state index in [-0.39, 0.29) is 12.5 Å². The van der Waals surface area contributed by atoms with Crippen molar-refractivity contribution in [2.75, 3.05) is 35.0 Å². The van der Waals surface area contributed by atoms with E-state index >= 15 is 0 Å². The van der Waals surface area contributed by atoms with Gasteiger partial charge in [-0.15, -0.1) is 0 Å². The fraction of sp³-hybridized carbons (Fsp3) is 0.250. The molecule has 0 heterocycles. The highest BCUT2D eigenvalue weighted by atomic mass is 16.5. The summed E-state index contributed by atoms with van der Waals surface area (Å²) in [6.07, 6.45) is 1.41. The Hall–Kier alpha value is -3.75. The van der Waals surface area contributed by atoms with Gasteiger partial charge in [0.25, 0.3) is 11.8 Å². The minimum Gasteiger partial charge on any atom is -0.497 e. The summed E-state index contributed by atoms with van der Waals surface area (Å²) in [5.74, 6) is 1.11. The number of hydrogen-bond donors (Lipinski definition) is 2. The molecule has 0 fully saturated rings. The number of amides is 2. The maximum Gasteiger partial charge on any atom is 0.259 e. The molecule has 0 aromatic heterocycles. The van der Waals surface area contributed by atoms with Gasteiger partial charge in [-0.3, -0.25) is 9.59 Å². The van der Waals surface area contributed by atoms with Crippen LogP contribution in [0, 0.1) is 0 Å². The van der Waals surface area contributed by atoms with Crippen molar-refractivity contribution in [1.29, 1.82) is 0 Å². The molecule has 29 heavy (non-hydrogen) atoms. The van der Waals surface area contributed by atoms with Crippen LogP contribution < -0.4 is 29.7 Å². The van der Waals surface area contributed by atoms with Crippen molar-refractivity contribution in [3.8, 4) is 23.0 Å². The number of nitrogens with zero attached hydrogens (tertiary/aromatic N) is 1. The van der Waals surface area contributed by atoms with Gasteiger partial charge in [0.05, 0.1) is 41.2 Å². The average molecular weight is 401 g/mol. The fourth-order valence-electron chi connectivity index (χ4n) is 2.44. The van der Waals surface area contributed by atoms with E-state index in [4.69, 9.17) is 18.9 Å². The van der Waals surface area contributed by atoms with Crippen molar-refractivity contribution in [2.24, 2.45) is 5.10 Å². The summed E-state index contributed by atoms with van der Waals surface area (Å²) >= 11 is 0. The lowest BCUT2D eigenvalue weighted by molar-refractivity contribution is -0.120. The van der Waals surface area contributed by atoms with Crippen molar-refractivity contribution < 1.29 is 28.5 Å². The number of carbonyl (C=O) groups is 2. The molecule has 9 nitrogen and oxygen atoms in total. The quantitative estimate of drug-likeness (QED) is 0.488. The van der Waals surface area contributed by atoms with Crippen LogP contribution in [0.2, 0.25) is 0 Å². The predicted octanol–water partition coefficient (Wildman–Crippen LogP) is 1.60. The normalized spacial score (nSPS) is 10.3. The molecule has 154 valence electrons. The van der Waals surface area contributed by atoms with E-state index in [1.807, 2.05) is 0 Å². The first-order valence-corrected chi connectivity index (χ1v) is 8.57. The van der Waals surface area contributed by atoms with Gasteiger partial charge in [0.15, 0.2) is 11.5 Å². The number of hydrazone groups is 1. The van der Waals surface area contributed by atoms with E-state index < -0.39 is 5.91 Å². The summed E-state index contributed by atoms with van der Waals surface area (Å²) in [5, 5.41) is 6.40. The maximum atomic E-state index is 12.0. The Labute approximate surface area is 168 Å². The number of methoxy groups -OCH3 is 4. The number of rotatable bonds is 9. The maximum absolute atomic E-state index is 12.0. The van der Waals surface area contributed by atoms with E-state index in [1.54, 1.807) is 36.4 Å². The molecular formula is C20H23N3O6. The number of ether oxygens (including phenoxy) is 4. The van der Waals surface area contributed by atoms with Gasteiger partial charge >= 0.3 is 0 Å². The van der Waals surface area contributed by atoms with Gasteiger partial charge < -0.3 is 24.3 Å². The van der Waals surface area contributed by atoms with Gasteiger partial charge in [-0.25, -0.2) is 5.43 Å². The van der Waals surface area contributed by atoms with Crippen LogP contribution in [0.1, 0.15) is 15.9 Å². The molecule has 9 heteroatoms. The minimum atomic E-state index is -0.484. The lowest BCUT2D eigenvalue weighted by Gasteiger charge is -2.13. The van der Waals surface area contributed by atoms with E-state index in [9.17, 15) is 9.59 Å². The SMILES string of the molecule is COc1ccc(C(=O)NCC(=O)NN=Cc2ccc(OC)c(OC)c2OC)cc1. The zero-order chi connectivity index (χ0) is 21.2. The second-order valence-electron chi connectivity index (χ2n) is 5.63. The molecule has 0 saturated heterocycles. The second-order valence-corrected chi connectivity index (χ2v) is 5.63. The van der Waals surface area contributed by atoms with Gasteiger partial charge in [0.1, 0.15) is 5.75 Å². The molecule has 0 saturated carbocycles. The molecule has 0 bridgehead atoms. The summed E-state index contributed by atoms with van der Waals surface area (Å²) in [4.78, 5) is 24.0. The molecular weight excluding hydrogens is 378 g/mol. The Bertz CT molecular complexity index is 881. The molecule has 0 aliphatic heterocycles. The summed E-state index contributed by atoms with van der Waals surface area (Å²) in [7, 11) is 6.04. The van der Waals surface area contributed by atoms with E-state index in [0.717, 1.165) is 0 Å². The number of nitrogens with one attached hydrogen (secondary N) is 2. The monoisotopic (exact) mass is 401 g/mol. The number of benzene rings is 2. The number of hydrogen-bond acceptors (Lipinski definition) is 7. The minimum absolute atomic E-state index is 0.231. The van der Waals surface area contributed by atoms with Crippen molar-refractivity contribution >= 4 is 18.0 Å². The third-order valence-corrected chi connectivity index (χ3v) is 3.89. The van der Waals surface area contributed by atoms with Crippen molar-refractivity contribution in [3.05, 3.63) is 47.5 Å². The van der Waals surface area contributed by atoms with Crippen molar-refractivity contribution in [2.45, 2.75) is 0 Å². The molecule has 2 amide bonds. The van der Waals surface area contributed by atoms with Crippen LogP contribution in [0.15, 0.2) is 41.5 Å². The Morgan fingerprint density at radius 2 is 1.59 bits per heavy atom. The molecule has 2 rings (SSSR count). The third-order valence-electron chi connectivity index (χ3n) is 3.89. The van der Waals surface area contributed by atoms with Gasteiger partial charge in [-0.05, 0) is 36.4 Å². The van der Waals surface area contributed by atoms with E-state index in [2.05, 4.69) is 15.8 Å². The standard InChI is InChI=1S/C20H23N3O6/c1-26-15-8-5-13(6-9-15)20(25)21-12-17(24)23-22-11-14-7-10-16(27-2)19(29-4)18(14)28-3/h5-11H,12H2,1-4H3,(H,21,25)(H,23,24). The van der Waals surface area contributed by atoms with E-state index in [1.165, 1.54) is 34.7 Å². The molecule has 2 N–H and O–H groups in total. The molecule has 0 spiro atoms. The van der Waals surface area contributed by atoms with Crippen LogP contribution in [0.3, 0.4) is 0 Å². The van der Waals surface area contributed by atoms with Crippen LogP contribution in [-0.2, 0) is 4.79 Å². The van der Waals surface area contributed by atoms with E-state index in [0.29, 0.717) is 34.1 Å². The molecule has 2 aromatic rings. The average Bonchev–Trinajstić information content (AvgIpc) is 2.76. The highest BCUT2D eigenvalue weighted by Gasteiger charge is 2.14. The smallest absolute Gasteiger partial charge is 0.259 e. The first kappa shape index (κ1) is 21.5. The molecule has 2 aromatic carbocycles. The van der Waals surface area contributed by atoms with Gasteiger partial charge in [-0.2, -0.15) is 5.10 Å². The Morgan fingerprint density at radius 1 is 0.897 bits per heavy atom. The lowest BCUT2D eigenvalue weighted by Crippen LogP contribution is -2.34. The first-order valence-electron chi connectivity index (χ1n) is 8.57. The van der Waals surface area contributed by atoms with Crippen LogP contribution in [-0.4, -0.2) is 53.0 Å². The zero-order valence-electron chi connectivity index (χ0n) is 16.6. The van der Waals surface area contributed by atoms with Crippen LogP contribution >= 0.6 is 0 Å². The topological polar surface area (TPSA) is 107 Å². The molecule has 0 aliphatic rings. The predicted molar refractivity (Wildman–Crippen MR) is 107 cm³/mol. The Kier molecular flexibility index (Phi) is 7.84. The second kappa shape index (κ2) is 10.5. The Balaban J connectivity index is 1.93. The first-order chi connectivity index (χ1) is 14.0. The molecule has 0 aliphatic carbocycles. The highest BCUT2D eigenvalue weighted by Crippen LogP contribution is 2.38. The summed E-state index contributed by atoms with van der Waals surface area (Å²) in [6, 6.07) is 9.94. The summed E-state index contributed by atoms with van der Waals surface area (Å²) in [5.41, 5.74) is 3.33. The van der Waals surface area contributed by atoms with Gasteiger partial charge in [0, 0.05) is 11.1 Å². The lowest BCUT2D eigenvalue weighted by atomic mass is 10.2. The van der Waals surface area contributed by atoms with Crippen LogP contribution in [0.5, 0.6) is 23.0 Å². The number of carbonyl (C=O) groups excluding carboxylic acids is 2. The Morgan fingerprint density at radius 3 is 2.17 bits per heavy atom. The fourth-order valence-corrected chi connectivity index (χ4v) is 2.44. The van der Waals surface area contributed by atoms with Gasteiger partial charge in [-0.1, -0.05) is 0 Å². The summed E-state index contributed by atoms with van der Waals surface area (Å²) < 4.78 is 20.9. The van der Waals surface area contributed by atoms with Crippen LogP contribution in [0.25, 0.3) is 0 Å². The summed E-state index contributed by atoms with van der Waals surface area (Å²) in [6.45, 7) is -0.231. The molecule has 0 unspecified atom stereocenters. The highest BCUT2D eigenvalue weighted by molar-refractivity contribution is 5.96. The van der Waals surface area contributed by atoms with Gasteiger partial charge in [0.2, 0.25) is 5.75 Å². The third kappa shape index (κ3) is 5.61. The largest absolute Gasteiger partial charge is 0.497 e. The zero-order valence-corrected chi connectivity index (χ0v) is 16.6. The molecule has 0 radical (unpaired) electrons. The van der Waals surface area contributed by atoms with Crippen LogP contribution in [0.4, 0.5) is 0 Å².